The molecule has 1 amide bonds. The van der Waals surface area contributed by atoms with Gasteiger partial charge in [0.2, 0.25) is 5.91 Å². The summed E-state index contributed by atoms with van der Waals surface area (Å²) in [6, 6.07) is 8.68. The van der Waals surface area contributed by atoms with E-state index in [1.807, 2.05) is 18.7 Å². The van der Waals surface area contributed by atoms with Crippen molar-refractivity contribution in [1.82, 2.24) is 15.4 Å². The fourth-order valence-corrected chi connectivity index (χ4v) is 3.28. The largest absolute Gasteiger partial charge is 0.361 e. The first kappa shape index (κ1) is 16.7. The van der Waals surface area contributed by atoms with Crippen molar-refractivity contribution in [2.45, 2.75) is 39.7 Å². The summed E-state index contributed by atoms with van der Waals surface area (Å²) in [4.78, 5) is 14.9. The lowest BCUT2D eigenvalue weighted by Gasteiger charge is -2.36. The van der Waals surface area contributed by atoms with Gasteiger partial charge >= 0.3 is 0 Å². The van der Waals surface area contributed by atoms with Gasteiger partial charge in [0.1, 0.15) is 5.76 Å². The lowest BCUT2D eigenvalue weighted by Crippen LogP contribution is -2.49. The summed E-state index contributed by atoms with van der Waals surface area (Å²) >= 11 is 0. The van der Waals surface area contributed by atoms with E-state index in [1.165, 1.54) is 11.1 Å². The van der Waals surface area contributed by atoms with Crippen molar-refractivity contribution in [3.8, 4) is 0 Å². The Morgan fingerprint density at radius 3 is 2.71 bits per heavy atom. The molecule has 0 aliphatic carbocycles. The number of piperazine rings is 1. The first-order chi connectivity index (χ1) is 11.6. The third-order valence-electron chi connectivity index (χ3n) is 4.85. The van der Waals surface area contributed by atoms with E-state index in [1.54, 1.807) is 0 Å². The molecule has 5 nitrogen and oxygen atoms in total. The molecule has 0 bridgehead atoms. The van der Waals surface area contributed by atoms with Gasteiger partial charge in [-0.05, 0) is 31.4 Å². The molecule has 5 heteroatoms. The van der Waals surface area contributed by atoms with E-state index in [0.29, 0.717) is 6.42 Å². The quantitative estimate of drug-likeness (QED) is 0.938. The normalized spacial score (nSPS) is 18.0. The Morgan fingerprint density at radius 2 is 2.08 bits per heavy atom. The summed E-state index contributed by atoms with van der Waals surface area (Å²) < 4.78 is 5.19. The number of amides is 1. The number of nitrogens with zero attached hydrogens (tertiary/aromatic N) is 2. The number of nitrogens with one attached hydrogen (secondary N) is 1. The van der Waals surface area contributed by atoms with E-state index >= 15 is 0 Å². The molecule has 128 valence electrons. The Hall–Kier alpha value is -2.14. The summed E-state index contributed by atoms with van der Waals surface area (Å²) in [5, 5.41) is 7.36. The van der Waals surface area contributed by atoms with E-state index in [9.17, 15) is 4.79 Å². The van der Waals surface area contributed by atoms with Gasteiger partial charge in [0.25, 0.3) is 0 Å². The van der Waals surface area contributed by atoms with E-state index in [-0.39, 0.29) is 11.9 Å². The molecular formula is C19H25N3O2. The highest BCUT2D eigenvalue weighted by atomic mass is 16.5. The van der Waals surface area contributed by atoms with Crippen molar-refractivity contribution in [2.24, 2.45) is 0 Å². The van der Waals surface area contributed by atoms with Gasteiger partial charge in [-0.1, -0.05) is 36.3 Å². The predicted molar refractivity (Wildman–Crippen MR) is 92.8 cm³/mol. The summed E-state index contributed by atoms with van der Waals surface area (Å²) in [5.74, 6) is 0.871. The predicted octanol–water partition coefficient (Wildman–Crippen LogP) is 2.57. The molecule has 0 spiro atoms. The molecule has 0 radical (unpaired) electrons. The SMILES string of the molecule is CCc1ccc(C2CNCCN2C(=O)Cc2c(C)noc2C)cc1. The van der Waals surface area contributed by atoms with Crippen molar-refractivity contribution < 1.29 is 9.32 Å². The summed E-state index contributed by atoms with van der Waals surface area (Å²) in [6.07, 6.45) is 1.38. The van der Waals surface area contributed by atoms with Crippen molar-refractivity contribution >= 4 is 5.91 Å². The second-order valence-corrected chi connectivity index (χ2v) is 6.38. The maximum atomic E-state index is 12.9. The van der Waals surface area contributed by atoms with Crippen LogP contribution in [-0.2, 0) is 17.6 Å². The summed E-state index contributed by atoms with van der Waals surface area (Å²) in [5.41, 5.74) is 4.22. The lowest BCUT2D eigenvalue weighted by molar-refractivity contribution is -0.133. The molecule has 0 saturated carbocycles. The van der Waals surface area contributed by atoms with Crippen LogP contribution in [0.1, 0.15) is 41.1 Å². The van der Waals surface area contributed by atoms with Gasteiger partial charge in [-0.25, -0.2) is 0 Å². The topological polar surface area (TPSA) is 58.4 Å². The zero-order chi connectivity index (χ0) is 17.1. The number of aryl methyl sites for hydroxylation is 3. The van der Waals surface area contributed by atoms with Crippen LogP contribution in [0.25, 0.3) is 0 Å². The molecular weight excluding hydrogens is 302 g/mol. The van der Waals surface area contributed by atoms with Crippen LogP contribution in [0.15, 0.2) is 28.8 Å². The molecule has 1 atom stereocenters. The minimum atomic E-state index is 0.0811. The number of aromatic nitrogens is 1. The number of benzene rings is 1. The van der Waals surface area contributed by atoms with Gasteiger partial charge in [0, 0.05) is 25.2 Å². The van der Waals surface area contributed by atoms with Gasteiger partial charge in [-0.3, -0.25) is 4.79 Å². The van der Waals surface area contributed by atoms with Crippen molar-refractivity contribution in [3.05, 3.63) is 52.4 Å². The summed E-state index contributed by atoms with van der Waals surface area (Å²) in [6.45, 7) is 8.24. The van der Waals surface area contributed by atoms with Crippen LogP contribution < -0.4 is 5.32 Å². The second kappa shape index (κ2) is 7.18. The van der Waals surface area contributed by atoms with Crippen molar-refractivity contribution in [2.75, 3.05) is 19.6 Å². The minimum Gasteiger partial charge on any atom is -0.361 e. The monoisotopic (exact) mass is 327 g/mol. The van der Waals surface area contributed by atoms with Gasteiger partial charge < -0.3 is 14.7 Å². The maximum absolute atomic E-state index is 12.9. The highest BCUT2D eigenvalue weighted by Gasteiger charge is 2.28. The standard InChI is InChI=1S/C19H25N3O2/c1-4-15-5-7-16(8-6-15)18-12-20-9-10-22(18)19(23)11-17-13(2)21-24-14(17)3/h5-8,18,20H,4,9-12H2,1-3H3. The number of rotatable bonds is 4. The molecule has 3 rings (SSSR count). The Kier molecular flexibility index (Phi) is 5.00. The molecule has 1 N–H and O–H groups in total. The third kappa shape index (κ3) is 3.36. The zero-order valence-corrected chi connectivity index (χ0v) is 14.6. The Morgan fingerprint density at radius 1 is 1.33 bits per heavy atom. The van der Waals surface area contributed by atoms with Crippen LogP contribution in [0.3, 0.4) is 0 Å². The molecule has 1 aliphatic rings. The average molecular weight is 327 g/mol. The number of carbonyl (C=O) groups excluding carboxylic acids is 1. The molecule has 1 unspecified atom stereocenters. The summed E-state index contributed by atoms with van der Waals surface area (Å²) in [7, 11) is 0. The van der Waals surface area contributed by atoms with Gasteiger partial charge in [0.05, 0.1) is 18.2 Å². The third-order valence-corrected chi connectivity index (χ3v) is 4.85. The van der Waals surface area contributed by atoms with Crippen LogP contribution in [-0.4, -0.2) is 35.6 Å². The molecule has 24 heavy (non-hydrogen) atoms. The maximum Gasteiger partial charge on any atom is 0.227 e. The molecule has 2 heterocycles. The van der Waals surface area contributed by atoms with E-state index in [2.05, 4.69) is 41.7 Å². The van der Waals surface area contributed by atoms with E-state index < -0.39 is 0 Å². The van der Waals surface area contributed by atoms with Crippen LogP contribution in [0, 0.1) is 13.8 Å². The van der Waals surface area contributed by atoms with Crippen LogP contribution in [0.4, 0.5) is 0 Å². The molecule has 1 saturated heterocycles. The van der Waals surface area contributed by atoms with Crippen LogP contribution in [0.5, 0.6) is 0 Å². The molecule has 1 aromatic heterocycles. The first-order valence-corrected chi connectivity index (χ1v) is 8.61. The zero-order valence-electron chi connectivity index (χ0n) is 14.6. The van der Waals surface area contributed by atoms with E-state index in [0.717, 1.165) is 43.1 Å². The second-order valence-electron chi connectivity index (χ2n) is 6.38. The first-order valence-electron chi connectivity index (χ1n) is 8.61. The highest BCUT2D eigenvalue weighted by Crippen LogP contribution is 2.24. The van der Waals surface area contributed by atoms with Crippen LogP contribution >= 0.6 is 0 Å². The molecule has 1 fully saturated rings. The van der Waals surface area contributed by atoms with Crippen molar-refractivity contribution in [3.63, 3.8) is 0 Å². The van der Waals surface area contributed by atoms with Crippen molar-refractivity contribution in [1.29, 1.82) is 0 Å². The molecule has 2 aromatic rings. The number of carbonyl (C=O) groups is 1. The number of hydrogen-bond acceptors (Lipinski definition) is 4. The number of hydrogen-bond donors (Lipinski definition) is 1. The van der Waals surface area contributed by atoms with Gasteiger partial charge in [-0.2, -0.15) is 0 Å². The molecule has 1 aliphatic heterocycles. The van der Waals surface area contributed by atoms with E-state index in [4.69, 9.17) is 4.52 Å². The Bertz CT molecular complexity index is 686. The van der Waals surface area contributed by atoms with Gasteiger partial charge in [-0.15, -0.1) is 0 Å². The van der Waals surface area contributed by atoms with Crippen LogP contribution in [0.2, 0.25) is 0 Å². The molecule has 1 aromatic carbocycles. The minimum absolute atomic E-state index is 0.0811. The Labute approximate surface area is 143 Å². The van der Waals surface area contributed by atoms with Gasteiger partial charge in [0.15, 0.2) is 0 Å². The average Bonchev–Trinajstić information content (AvgIpc) is 2.93. The fraction of sp³-hybridized carbons (Fsp3) is 0.474. The fourth-order valence-electron chi connectivity index (χ4n) is 3.28. The smallest absolute Gasteiger partial charge is 0.227 e. The highest BCUT2D eigenvalue weighted by molar-refractivity contribution is 5.80. The lowest BCUT2D eigenvalue weighted by atomic mass is 10.00. The Balaban J connectivity index is 1.79.